The van der Waals surface area contributed by atoms with Gasteiger partial charge in [0.1, 0.15) is 5.82 Å². The molecule has 2 aromatic carbocycles. The maximum absolute atomic E-state index is 14.2. The first-order valence-electron chi connectivity index (χ1n) is 9.60. The van der Waals surface area contributed by atoms with E-state index >= 15 is 0 Å². The second kappa shape index (κ2) is 8.11. The number of phenols is 1. The van der Waals surface area contributed by atoms with Crippen LogP contribution in [-0.2, 0) is 19.3 Å². The third-order valence-corrected chi connectivity index (χ3v) is 5.90. The van der Waals surface area contributed by atoms with Crippen LogP contribution in [0.15, 0.2) is 36.4 Å². The number of aromatic hydroxyl groups is 1. The Hall–Kier alpha value is -2.03. The van der Waals surface area contributed by atoms with Crippen LogP contribution in [0.1, 0.15) is 43.4 Å². The normalized spacial score (nSPS) is 20.5. The van der Waals surface area contributed by atoms with Gasteiger partial charge in [-0.15, -0.1) is 0 Å². The van der Waals surface area contributed by atoms with Crippen LogP contribution in [0.5, 0.6) is 11.5 Å². The molecule has 3 heteroatoms. The SMILES string of the molecule is COc1cc(CC[C@@H](C)CC2Cc3c(F)cccc3CC2C)ccc1O. The van der Waals surface area contributed by atoms with Crippen molar-refractivity contribution in [2.45, 2.75) is 46.0 Å². The van der Waals surface area contributed by atoms with E-state index in [1.54, 1.807) is 19.2 Å². The highest BCUT2D eigenvalue weighted by Gasteiger charge is 2.28. The Balaban J connectivity index is 1.58. The van der Waals surface area contributed by atoms with Gasteiger partial charge in [0.15, 0.2) is 11.5 Å². The highest BCUT2D eigenvalue weighted by Crippen LogP contribution is 2.36. The van der Waals surface area contributed by atoms with Gasteiger partial charge in [-0.25, -0.2) is 4.39 Å². The van der Waals surface area contributed by atoms with Gasteiger partial charge >= 0.3 is 0 Å². The Morgan fingerprint density at radius 3 is 2.81 bits per heavy atom. The molecule has 3 rings (SSSR count). The molecule has 0 saturated carbocycles. The van der Waals surface area contributed by atoms with Crippen LogP contribution in [0.25, 0.3) is 0 Å². The summed E-state index contributed by atoms with van der Waals surface area (Å²) in [6.07, 6.45) is 5.02. The number of aryl methyl sites for hydroxylation is 1. The van der Waals surface area contributed by atoms with Gasteiger partial charge in [0, 0.05) is 0 Å². The van der Waals surface area contributed by atoms with Gasteiger partial charge in [-0.3, -0.25) is 0 Å². The van der Waals surface area contributed by atoms with Gasteiger partial charge < -0.3 is 9.84 Å². The summed E-state index contributed by atoms with van der Waals surface area (Å²) in [7, 11) is 1.57. The summed E-state index contributed by atoms with van der Waals surface area (Å²) < 4.78 is 19.3. The van der Waals surface area contributed by atoms with E-state index in [4.69, 9.17) is 4.74 Å². The second-order valence-corrected chi connectivity index (χ2v) is 7.91. The number of rotatable bonds is 6. The number of hydrogen-bond acceptors (Lipinski definition) is 2. The van der Waals surface area contributed by atoms with Crippen LogP contribution in [-0.4, -0.2) is 12.2 Å². The molecule has 1 aliphatic carbocycles. The predicted octanol–water partition coefficient (Wildman–Crippen LogP) is 5.55. The number of hydrogen-bond donors (Lipinski definition) is 1. The van der Waals surface area contributed by atoms with Crippen molar-refractivity contribution in [1.82, 2.24) is 0 Å². The van der Waals surface area contributed by atoms with E-state index in [-0.39, 0.29) is 11.6 Å². The average Bonchev–Trinajstić information content (AvgIpc) is 2.62. The van der Waals surface area contributed by atoms with Crippen LogP contribution in [0.4, 0.5) is 4.39 Å². The monoisotopic (exact) mass is 356 g/mol. The van der Waals surface area contributed by atoms with Gasteiger partial charge in [0.05, 0.1) is 7.11 Å². The molecule has 2 aromatic rings. The fraction of sp³-hybridized carbons (Fsp3) is 0.478. The van der Waals surface area contributed by atoms with Crippen LogP contribution in [0.2, 0.25) is 0 Å². The molecule has 2 unspecified atom stereocenters. The maximum atomic E-state index is 14.2. The van der Waals surface area contributed by atoms with Crippen molar-refractivity contribution >= 4 is 0 Å². The molecule has 0 fully saturated rings. The third kappa shape index (κ3) is 4.20. The van der Waals surface area contributed by atoms with Gasteiger partial charge in [0.25, 0.3) is 0 Å². The quantitative estimate of drug-likeness (QED) is 0.735. The fourth-order valence-corrected chi connectivity index (χ4v) is 4.24. The van der Waals surface area contributed by atoms with E-state index in [1.165, 1.54) is 11.1 Å². The van der Waals surface area contributed by atoms with E-state index in [1.807, 2.05) is 18.2 Å². The first kappa shape index (κ1) is 18.8. The number of methoxy groups -OCH3 is 1. The molecule has 0 saturated heterocycles. The van der Waals surface area contributed by atoms with Crippen molar-refractivity contribution in [3.63, 3.8) is 0 Å². The molecule has 2 nitrogen and oxygen atoms in total. The topological polar surface area (TPSA) is 29.5 Å². The molecular weight excluding hydrogens is 327 g/mol. The molecule has 1 N–H and O–H groups in total. The predicted molar refractivity (Wildman–Crippen MR) is 103 cm³/mol. The fourth-order valence-electron chi connectivity index (χ4n) is 4.24. The lowest BCUT2D eigenvalue weighted by Crippen LogP contribution is -2.26. The minimum absolute atomic E-state index is 0.0387. The number of phenolic OH excluding ortho intramolecular Hbond substituents is 1. The number of fused-ring (bicyclic) bond motifs is 1. The highest BCUT2D eigenvalue weighted by molar-refractivity contribution is 5.41. The zero-order valence-corrected chi connectivity index (χ0v) is 16.0. The molecule has 0 radical (unpaired) electrons. The van der Waals surface area contributed by atoms with Crippen LogP contribution in [0.3, 0.4) is 0 Å². The highest BCUT2D eigenvalue weighted by atomic mass is 19.1. The molecule has 140 valence electrons. The van der Waals surface area contributed by atoms with Gasteiger partial charge in [-0.2, -0.15) is 0 Å². The molecule has 0 heterocycles. The summed E-state index contributed by atoms with van der Waals surface area (Å²) in [6.45, 7) is 4.59. The summed E-state index contributed by atoms with van der Waals surface area (Å²) >= 11 is 0. The largest absolute Gasteiger partial charge is 0.504 e. The Kier molecular flexibility index (Phi) is 5.85. The number of benzene rings is 2. The van der Waals surface area contributed by atoms with Crippen molar-refractivity contribution in [2.75, 3.05) is 7.11 Å². The van der Waals surface area contributed by atoms with Gasteiger partial charge in [-0.1, -0.05) is 32.0 Å². The lowest BCUT2D eigenvalue weighted by molar-refractivity contribution is 0.262. The Bertz CT molecular complexity index is 756. The van der Waals surface area contributed by atoms with Gasteiger partial charge in [0.2, 0.25) is 0 Å². The first-order chi connectivity index (χ1) is 12.5. The molecule has 1 aliphatic rings. The average molecular weight is 356 g/mol. The summed E-state index contributed by atoms with van der Waals surface area (Å²) in [5.74, 6) is 2.40. The molecule has 0 spiro atoms. The van der Waals surface area contributed by atoms with Crippen LogP contribution < -0.4 is 4.74 Å². The summed E-state index contributed by atoms with van der Waals surface area (Å²) in [4.78, 5) is 0. The van der Waals surface area contributed by atoms with Crippen molar-refractivity contribution in [2.24, 2.45) is 17.8 Å². The van der Waals surface area contributed by atoms with Crippen molar-refractivity contribution in [3.8, 4) is 11.5 Å². The molecule has 3 atom stereocenters. The van der Waals surface area contributed by atoms with E-state index in [0.29, 0.717) is 23.5 Å². The van der Waals surface area contributed by atoms with Crippen LogP contribution >= 0.6 is 0 Å². The van der Waals surface area contributed by atoms with Crippen molar-refractivity contribution < 1.29 is 14.2 Å². The van der Waals surface area contributed by atoms with E-state index in [0.717, 1.165) is 37.7 Å². The maximum Gasteiger partial charge on any atom is 0.160 e. The zero-order valence-electron chi connectivity index (χ0n) is 16.0. The van der Waals surface area contributed by atoms with E-state index in [9.17, 15) is 9.50 Å². The Morgan fingerprint density at radius 1 is 1.23 bits per heavy atom. The minimum atomic E-state index is -0.0387. The third-order valence-electron chi connectivity index (χ3n) is 5.90. The first-order valence-corrected chi connectivity index (χ1v) is 9.60. The molecule has 0 bridgehead atoms. The number of halogens is 1. The molecular formula is C23H29FO2. The summed E-state index contributed by atoms with van der Waals surface area (Å²) in [5.41, 5.74) is 3.31. The minimum Gasteiger partial charge on any atom is -0.504 e. The lowest BCUT2D eigenvalue weighted by atomic mass is 9.72. The van der Waals surface area contributed by atoms with E-state index < -0.39 is 0 Å². The van der Waals surface area contributed by atoms with Crippen LogP contribution in [0, 0.1) is 23.6 Å². The Morgan fingerprint density at radius 2 is 2.04 bits per heavy atom. The van der Waals surface area contributed by atoms with Gasteiger partial charge in [-0.05, 0) is 84.7 Å². The Labute approximate surface area is 156 Å². The summed E-state index contributed by atoms with van der Waals surface area (Å²) in [5, 5.41) is 9.70. The van der Waals surface area contributed by atoms with E-state index in [2.05, 4.69) is 19.9 Å². The molecule has 26 heavy (non-hydrogen) atoms. The smallest absolute Gasteiger partial charge is 0.160 e. The molecule has 0 amide bonds. The second-order valence-electron chi connectivity index (χ2n) is 7.91. The standard InChI is InChI=1S/C23H29FO2/c1-15(7-8-17-9-10-22(25)23(13-17)26-3)11-19-14-20-18(12-16(19)2)5-4-6-21(20)24/h4-6,9-10,13,15-16,19,25H,7-8,11-12,14H2,1-3H3/t15-,16?,19?/m1/s1. The molecule has 0 aromatic heterocycles. The summed E-state index contributed by atoms with van der Waals surface area (Å²) in [6, 6.07) is 11.1. The molecule has 0 aliphatic heterocycles. The van der Waals surface area contributed by atoms with Crippen molar-refractivity contribution in [1.29, 1.82) is 0 Å². The lowest BCUT2D eigenvalue weighted by Gasteiger charge is -2.33. The number of ether oxygens (including phenoxy) is 1. The zero-order chi connectivity index (χ0) is 18.7. The van der Waals surface area contributed by atoms with Crippen molar-refractivity contribution in [3.05, 3.63) is 58.9 Å².